The number of anilines is 1. The summed E-state index contributed by atoms with van der Waals surface area (Å²) in [6.45, 7) is 0. The summed E-state index contributed by atoms with van der Waals surface area (Å²) >= 11 is 0. The average molecular weight is 391 g/mol. The van der Waals surface area contributed by atoms with Gasteiger partial charge in [-0.1, -0.05) is 12.1 Å². The van der Waals surface area contributed by atoms with Crippen LogP contribution >= 0.6 is 0 Å². The molecule has 1 atom stereocenters. The van der Waals surface area contributed by atoms with Crippen LogP contribution in [-0.4, -0.2) is 15.9 Å². The molecule has 1 aliphatic rings. The second-order valence-corrected chi connectivity index (χ2v) is 6.49. The van der Waals surface area contributed by atoms with E-state index in [0.29, 0.717) is 5.56 Å². The van der Waals surface area contributed by atoms with E-state index in [9.17, 15) is 18.4 Å². The van der Waals surface area contributed by atoms with E-state index < -0.39 is 29.0 Å². The van der Waals surface area contributed by atoms with Crippen molar-refractivity contribution in [1.29, 1.82) is 0 Å². The lowest BCUT2D eigenvalue weighted by atomic mass is 9.98. The van der Waals surface area contributed by atoms with Gasteiger partial charge in [0, 0.05) is 12.4 Å². The molecule has 6 nitrogen and oxygen atoms in total. The second-order valence-electron chi connectivity index (χ2n) is 6.49. The normalized spacial score (nSPS) is 15.7. The number of aromatic nitrogens is 2. The minimum atomic E-state index is -0.940. The first-order valence-electron chi connectivity index (χ1n) is 8.67. The number of fused-ring (bicyclic) bond motifs is 2. The SMILES string of the molecule is O=C1c2oc3ccc(F)cc3c(=O)c2[C@@H](c2ccc(F)cc2)N1c1ncccn1. The third-order valence-corrected chi connectivity index (χ3v) is 4.79. The van der Waals surface area contributed by atoms with Crippen LogP contribution in [0, 0.1) is 11.6 Å². The predicted octanol–water partition coefficient (Wildman–Crippen LogP) is 3.61. The molecule has 3 heterocycles. The first kappa shape index (κ1) is 17.2. The second kappa shape index (κ2) is 6.30. The van der Waals surface area contributed by atoms with Crippen LogP contribution in [0.1, 0.15) is 27.7 Å². The van der Waals surface area contributed by atoms with Gasteiger partial charge in [-0.2, -0.15) is 0 Å². The van der Waals surface area contributed by atoms with Crippen LogP contribution in [0.3, 0.4) is 0 Å². The van der Waals surface area contributed by atoms with Crippen LogP contribution in [0.4, 0.5) is 14.7 Å². The standard InChI is InChI=1S/C21H11F2N3O3/c22-12-4-2-11(3-5-12)17-16-18(27)14-10-13(23)6-7-15(14)29-19(16)20(28)26(17)21-24-8-1-9-25-21/h1-10,17H/t17-/m1/s1. The highest BCUT2D eigenvalue weighted by molar-refractivity contribution is 6.09. The molecule has 0 radical (unpaired) electrons. The van der Waals surface area contributed by atoms with Crippen molar-refractivity contribution in [2.75, 3.05) is 4.90 Å². The predicted molar refractivity (Wildman–Crippen MR) is 99.5 cm³/mol. The average Bonchev–Trinajstić information content (AvgIpc) is 3.03. The number of nitrogens with zero attached hydrogens (tertiary/aromatic N) is 3. The summed E-state index contributed by atoms with van der Waals surface area (Å²) in [5, 5.41) is 0.0134. The number of carbonyl (C=O) groups is 1. The van der Waals surface area contributed by atoms with E-state index in [2.05, 4.69) is 9.97 Å². The van der Waals surface area contributed by atoms with Crippen LogP contribution < -0.4 is 10.3 Å². The smallest absolute Gasteiger partial charge is 0.297 e. The maximum atomic E-state index is 13.7. The Hall–Kier alpha value is -3.94. The van der Waals surface area contributed by atoms with Gasteiger partial charge in [-0.25, -0.2) is 18.7 Å². The molecule has 0 saturated carbocycles. The van der Waals surface area contributed by atoms with Crippen molar-refractivity contribution in [3.8, 4) is 0 Å². The highest BCUT2D eigenvalue weighted by Gasteiger charge is 2.44. The number of carbonyl (C=O) groups excluding carboxylic acids is 1. The summed E-state index contributed by atoms with van der Waals surface area (Å²) in [6.07, 6.45) is 2.92. The van der Waals surface area contributed by atoms with E-state index in [1.54, 1.807) is 6.07 Å². The molecule has 0 aliphatic carbocycles. The van der Waals surface area contributed by atoms with Gasteiger partial charge in [0.25, 0.3) is 5.91 Å². The molecule has 1 aliphatic heterocycles. The van der Waals surface area contributed by atoms with Crippen molar-refractivity contribution in [1.82, 2.24) is 9.97 Å². The zero-order chi connectivity index (χ0) is 20.1. The van der Waals surface area contributed by atoms with E-state index in [4.69, 9.17) is 4.42 Å². The monoisotopic (exact) mass is 391 g/mol. The molecule has 0 spiro atoms. The number of halogens is 2. The third-order valence-electron chi connectivity index (χ3n) is 4.79. The zero-order valence-electron chi connectivity index (χ0n) is 14.7. The van der Waals surface area contributed by atoms with Crippen molar-refractivity contribution in [2.24, 2.45) is 0 Å². The Morgan fingerprint density at radius 3 is 2.34 bits per heavy atom. The molecule has 2 aromatic heterocycles. The van der Waals surface area contributed by atoms with Gasteiger partial charge < -0.3 is 4.42 Å². The number of hydrogen-bond donors (Lipinski definition) is 0. The van der Waals surface area contributed by atoms with Gasteiger partial charge in [-0.05, 0) is 42.0 Å². The summed E-state index contributed by atoms with van der Waals surface area (Å²) in [5.41, 5.74) is 0.0557. The Morgan fingerprint density at radius 1 is 0.931 bits per heavy atom. The minimum Gasteiger partial charge on any atom is -0.450 e. The summed E-state index contributed by atoms with van der Waals surface area (Å²) in [4.78, 5) is 35.9. The molecule has 1 amide bonds. The Kier molecular flexibility index (Phi) is 3.73. The van der Waals surface area contributed by atoms with Gasteiger partial charge in [-0.3, -0.25) is 14.5 Å². The van der Waals surface area contributed by atoms with Crippen LogP contribution in [0.2, 0.25) is 0 Å². The van der Waals surface area contributed by atoms with E-state index in [1.165, 1.54) is 47.6 Å². The molecule has 4 aromatic rings. The molecule has 142 valence electrons. The number of benzene rings is 2. The topological polar surface area (TPSA) is 76.3 Å². The van der Waals surface area contributed by atoms with E-state index in [1.807, 2.05) is 0 Å². The van der Waals surface area contributed by atoms with E-state index >= 15 is 0 Å². The lowest BCUT2D eigenvalue weighted by Crippen LogP contribution is -2.31. The zero-order valence-corrected chi connectivity index (χ0v) is 14.7. The Morgan fingerprint density at radius 2 is 1.62 bits per heavy atom. The maximum Gasteiger partial charge on any atom is 0.297 e. The summed E-state index contributed by atoms with van der Waals surface area (Å²) in [6, 6.07) is 9.54. The number of rotatable bonds is 2. The molecular formula is C21H11F2N3O3. The molecule has 0 bridgehead atoms. The largest absolute Gasteiger partial charge is 0.450 e. The van der Waals surface area contributed by atoms with Crippen LogP contribution in [0.15, 0.2) is 70.1 Å². The van der Waals surface area contributed by atoms with Crippen LogP contribution in [-0.2, 0) is 0 Å². The third kappa shape index (κ3) is 2.60. The first-order chi connectivity index (χ1) is 14.0. The molecule has 0 saturated heterocycles. The van der Waals surface area contributed by atoms with E-state index in [0.717, 1.165) is 12.1 Å². The Labute approximate surface area is 162 Å². The Bertz CT molecular complexity index is 1320. The number of amides is 1. The van der Waals surface area contributed by atoms with Crippen molar-refractivity contribution in [3.05, 3.63) is 99.7 Å². The van der Waals surface area contributed by atoms with Gasteiger partial charge >= 0.3 is 0 Å². The van der Waals surface area contributed by atoms with Crippen molar-refractivity contribution in [3.63, 3.8) is 0 Å². The number of hydrogen-bond acceptors (Lipinski definition) is 5. The molecular weight excluding hydrogens is 380 g/mol. The van der Waals surface area contributed by atoms with Crippen molar-refractivity contribution >= 4 is 22.8 Å². The van der Waals surface area contributed by atoms with Gasteiger partial charge in [0.05, 0.1) is 17.0 Å². The summed E-state index contributed by atoms with van der Waals surface area (Å²) in [7, 11) is 0. The van der Waals surface area contributed by atoms with Crippen molar-refractivity contribution < 1.29 is 18.0 Å². The van der Waals surface area contributed by atoms with Gasteiger partial charge in [0.15, 0.2) is 5.43 Å². The highest BCUT2D eigenvalue weighted by atomic mass is 19.1. The quantitative estimate of drug-likeness (QED) is 0.522. The van der Waals surface area contributed by atoms with Gasteiger partial charge in [0.2, 0.25) is 11.7 Å². The Balaban J connectivity index is 1.83. The molecule has 8 heteroatoms. The minimum absolute atomic E-state index is 0.0134. The van der Waals surface area contributed by atoms with Gasteiger partial charge in [0.1, 0.15) is 17.2 Å². The summed E-state index contributed by atoms with van der Waals surface area (Å²) in [5.74, 6) is -1.78. The molecule has 5 rings (SSSR count). The fraction of sp³-hybridized carbons (Fsp3) is 0.0476. The lowest BCUT2D eigenvalue weighted by Gasteiger charge is -2.22. The lowest BCUT2D eigenvalue weighted by molar-refractivity contribution is 0.0969. The molecule has 0 unspecified atom stereocenters. The highest BCUT2D eigenvalue weighted by Crippen LogP contribution is 2.39. The molecule has 0 fully saturated rings. The van der Waals surface area contributed by atoms with Crippen LogP contribution in [0.5, 0.6) is 0 Å². The molecule has 0 N–H and O–H groups in total. The van der Waals surface area contributed by atoms with E-state index in [-0.39, 0.29) is 28.2 Å². The van der Waals surface area contributed by atoms with Crippen molar-refractivity contribution in [2.45, 2.75) is 6.04 Å². The first-order valence-corrected chi connectivity index (χ1v) is 8.67. The fourth-order valence-electron chi connectivity index (χ4n) is 3.53. The maximum absolute atomic E-state index is 13.7. The molecule has 2 aromatic carbocycles. The van der Waals surface area contributed by atoms with Gasteiger partial charge in [-0.15, -0.1) is 0 Å². The van der Waals surface area contributed by atoms with Crippen LogP contribution in [0.25, 0.3) is 11.0 Å². The fourth-order valence-corrected chi connectivity index (χ4v) is 3.53. The molecule has 29 heavy (non-hydrogen) atoms. The summed E-state index contributed by atoms with van der Waals surface area (Å²) < 4.78 is 32.9.